The summed E-state index contributed by atoms with van der Waals surface area (Å²) in [7, 11) is 0. The molecule has 0 aliphatic carbocycles. The molecular formula is C12H17N3O3. The zero-order valence-corrected chi connectivity index (χ0v) is 10.3. The normalized spacial score (nSPS) is 18.5. The second-order valence-electron chi connectivity index (χ2n) is 4.29. The number of rotatable bonds is 3. The molecule has 0 spiro atoms. The first-order valence-electron chi connectivity index (χ1n) is 5.90. The Morgan fingerprint density at radius 3 is 2.83 bits per heavy atom. The first-order chi connectivity index (χ1) is 8.61. The van der Waals surface area contributed by atoms with E-state index in [1.54, 1.807) is 12.3 Å². The highest BCUT2D eigenvalue weighted by atomic mass is 16.5. The number of nitrogen functional groups attached to an aromatic ring is 1. The van der Waals surface area contributed by atoms with Crippen molar-refractivity contribution in [1.29, 1.82) is 0 Å². The molecule has 6 nitrogen and oxygen atoms in total. The molecule has 0 radical (unpaired) electrons. The van der Waals surface area contributed by atoms with Crippen molar-refractivity contribution in [1.82, 2.24) is 9.88 Å². The molecule has 0 saturated carbocycles. The average molecular weight is 251 g/mol. The lowest BCUT2D eigenvalue weighted by molar-refractivity contribution is 0.0195. The summed E-state index contributed by atoms with van der Waals surface area (Å²) < 4.78 is 5.29. The van der Waals surface area contributed by atoms with Gasteiger partial charge in [0.05, 0.1) is 13.2 Å². The van der Waals surface area contributed by atoms with Crippen LogP contribution >= 0.6 is 0 Å². The van der Waals surface area contributed by atoms with Gasteiger partial charge in [0.15, 0.2) is 0 Å². The number of aromatic carboxylic acids is 1. The van der Waals surface area contributed by atoms with Crippen molar-refractivity contribution in [3.05, 3.63) is 23.4 Å². The molecule has 0 aromatic carbocycles. The van der Waals surface area contributed by atoms with Gasteiger partial charge < -0.3 is 15.6 Å². The van der Waals surface area contributed by atoms with Crippen LogP contribution in [0.3, 0.4) is 0 Å². The van der Waals surface area contributed by atoms with Gasteiger partial charge in [-0.15, -0.1) is 0 Å². The van der Waals surface area contributed by atoms with E-state index in [1.807, 2.05) is 6.92 Å². The van der Waals surface area contributed by atoms with Gasteiger partial charge in [-0.3, -0.25) is 4.90 Å². The highest BCUT2D eigenvalue weighted by Gasteiger charge is 2.24. The van der Waals surface area contributed by atoms with E-state index in [4.69, 9.17) is 10.5 Å². The maximum Gasteiger partial charge on any atom is 0.339 e. The first kappa shape index (κ1) is 12.8. The van der Waals surface area contributed by atoms with Crippen LogP contribution in [-0.2, 0) is 4.74 Å². The van der Waals surface area contributed by atoms with Crippen LogP contribution in [-0.4, -0.2) is 47.3 Å². The predicted molar refractivity (Wildman–Crippen MR) is 66.4 cm³/mol. The molecule has 1 atom stereocenters. The van der Waals surface area contributed by atoms with E-state index >= 15 is 0 Å². The summed E-state index contributed by atoms with van der Waals surface area (Å²) in [4.78, 5) is 17.3. The zero-order chi connectivity index (χ0) is 13.1. The van der Waals surface area contributed by atoms with Gasteiger partial charge in [0.1, 0.15) is 11.4 Å². The molecule has 1 unspecified atom stereocenters. The fourth-order valence-electron chi connectivity index (χ4n) is 2.24. The van der Waals surface area contributed by atoms with Crippen LogP contribution in [0.5, 0.6) is 0 Å². The molecule has 3 N–H and O–H groups in total. The lowest BCUT2D eigenvalue weighted by Crippen LogP contribution is -2.38. The molecule has 1 aromatic heterocycles. The zero-order valence-electron chi connectivity index (χ0n) is 10.3. The summed E-state index contributed by atoms with van der Waals surface area (Å²) in [5.74, 6) is -0.962. The molecule has 1 aliphatic rings. The van der Waals surface area contributed by atoms with Crippen molar-refractivity contribution in [2.24, 2.45) is 0 Å². The van der Waals surface area contributed by atoms with Crippen molar-refractivity contribution in [2.45, 2.75) is 13.0 Å². The molecule has 1 aromatic rings. The summed E-state index contributed by atoms with van der Waals surface area (Å²) in [6.45, 7) is 4.91. The number of aromatic nitrogens is 1. The number of carboxylic acid groups (broad SMARTS) is 1. The van der Waals surface area contributed by atoms with Crippen molar-refractivity contribution >= 4 is 11.8 Å². The molecule has 2 rings (SSSR count). The first-order valence-corrected chi connectivity index (χ1v) is 5.90. The summed E-state index contributed by atoms with van der Waals surface area (Å²) in [5, 5.41) is 9.23. The number of pyridine rings is 1. The van der Waals surface area contributed by atoms with E-state index in [9.17, 15) is 9.90 Å². The fraction of sp³-hybridized carbons (Fsp3) is 0.500. The van der Waals surface area contributed by atoms with Gasteiger partial charge in [0.25, 0.3) is 0 Å². The van der Waals surface area contributed by atoms with Gasteiger partial charge in [-0.1, -0.05) is 0 Å². The highest BCUT2D eigenvalue weighted by Crippen LogP contribution is 2.26. The number of nitrogens with zero attached hydrogens (tertiary/aromatic N) is 2. The average Bonchev–Trinajstić information content (AvgIpc) is 2.38. The lowest BCUT2D eigenvalue weighted by atomic mass is 10.0. The number of carbonyl (C=O) groups is 1. The van der Waals surface area contributed by atoms with E-state index in [0.717, 1.165) is 13.1 Å². The van der Waals surface area contributed by atoms with Crippen LogP contribution in [0.15, 0.2) is 12.3 Å². The minimum Gasteiger partial charge on any atom is -0.478 e. The Morgan fingerprint density at radius 1 is 1.56 bits per heavy atom. The molecule has 0 bridgehead atoms. The number of morpholine rings is 1. The van der Waals surface area contributed by atoms with E-state index < -0.39 is 5.97 Å². The monoisotopic (exact) mass is 251 g/mol. The maximum atomic E-state index is 11.3. The summed E-state index contributed by atoms with van der Waals surface area (Å²) in [6, 6.07) is 1.71. The van der Waals surface area contributed by atoms with Gasteiger partial charge in [0.2, 0.25) is 0 Å². The Kier molecular flexibility index (Phi) is 3.78. The van der Waals surface area contributed by atoms with Gasteiger partial charge in [-0.25, -0.2) is 9.78 Å². The minimum atomic E-state index is -1.03. The fourth-order valence-corrected chi connectivity index (χ4v) is 2.24. The van der Waals surface area contributed by atoms with Crippen LogP contribution in [0.1, 0.15) is 28.9 Å². The van der Waals surface area contributed by atoms with E-state index in [-0.39, 0.29) is 17.4 Å². The van der Waals surface area contributed by atoms with Crippen molar-refractivity contribution in [2.75, 3.05) is 32.0 Å². The third-order valence-electron chi connectivity index (χ3n) is 3.27. The molecular weight excluding hydrogens is 234 g/mol. The molecule has 6 heteroatoms. The smallest absolute Gasteiger partial charge is 0.339 e. The predicted octanol–water partition coefficient (Wildman–Crippen LogP) is 0.755. The molecule has 1 saturated heterocycles. The molecule has 0 amide bonds. The van der Waals surface area contributed by atoms with Crippen LogP contribution in [0.4, 0.5) is 5.82 Å². The van der Waals surface area contributed by atoms with E-state index in [0.29, 0.717) is 18.8 Å². The maximum absolute atomic E-state index is 11.3. The SMILES string of the molecule is CC(c1ccnc(N)c1C(=O)O)N1CCOCC1. The van der Waals surface area contributed by atoms with Crippen molar-refractivity contribution in [3.8, 4) is 0 Å². The van der Waals surface area contributed by atoms with Crippen LogP contribution in [0.2, 0.25) is 0 Å². The molecule has 98 valence electrons. The number of anilines is 1. The topological polar surface area (TPSA) is 88.7 Å². The second-order valence-corrected chi connectivity index (χ2v) is 4.29. The minimum absolute atomic E-state index is 0.00898. The number of hydrogen-bond donors (Lipinski definition) is 2. The van der Waals surface area contributed by atoms with E-state index in [2.05, 4.69) is 9.88 Å². The molecule has 2 heterocycles. The molecule has 1 fully saturated rings. The Labute approximate surface area is 105 Å². The number of hydrogen-bond acceptors (Lipinski definition) is 5. The second kappa shape index (κ2) is 5.32. The van der Waals surface area contributed by atoms with Gasteiger partial charge in [-0.2, -0.15) is 0 Å². The van der Waals surface area contributed by atoms with Crippen molar-refractivity contribution in [3.63, 3.8) is 0 Å². The van der Waals surface area contributed by atoms with E-state index in [1.165, 1.54) is 0 Å². The summed E-state index contributed by atoms with van der Waals surface area (Å²) in [5.41, 5.74) is 6.47. The Hall–Kier alpha value is -1.66. The Balaban J connectivity index is 2.31. The number of carboxylic acids is 1. The van der Waals surface area contributed by atoms with Crippen LogP contribution < -0.4 is 5.73 Å². The number of ether oxygens (including phenoxy) is 1. The lowest BCUT2D eigenvalue weighted by Gasteiger charge is -2.33. The van der Waals surface area contributed by atoms with Crippen LogP contribution in [0.25, 0.3) is 0 Å². The Morgan fingerprint density at radius 2 is 2.22 bits per heavy atom. The highest BCUT2D eigenvalue weighted by molar-refractivity contribution is 5.94. The molecule has 18 heavy (non-hydrogen) atoms. The van der Waals surface area contributed by atoms with Crippen molar-refractivity contribution < 1.29 is 14.6 Å². The van der Waals surface area contributed by atoms with Gasteiger partial charge in [-0.05, 0) is 18.6 Å². The standard InChI is InChI=1S/C12H17N3O3/c1-8(15-4-6-18-7-5-15)9-2-3-14-11(13)10(9)12(16)17/h2-3,8H,4-7H2,1H3,(H2,13,14)(H,16,17). The van der Waals surface area contributed by atoms with Gasteiger partial charge >= 0.3 is 5.97 Å². The summed E-state index contributed by atoms with van der Waals surface area (Å²) >= 11 is 0. The third-order valence-corrected chi connectivity index (χ3v) is 3.27. The summed E-state index contributed by atoms with van der Waals surface area (Å²) in [6.07, 6.45) is 1.55. The third kappa shape index (κ3) is 2.44. The van der Waals surface area contributed by atoms with Gasteiger partial charge in [0, 0.05) is 25.3 Å². The largest absolute Gasteiger partial charge is 0.478 e. The van der Waals surface area contributed by atoms with Crippen LogP contribution in [0, 0.1) is 0 Å². The molecule has 1 aliphatic heterocycles. The Bertz CT molecular complexity index is 444. The number of nitrogens with two attached hydrogens (primary N) is 1. The quantitative estimate of drug-likeness (QED) is 0.824.